The van der Waals surface area contributed by atoms with E-state index in [1.807, 2.05) is 18.2 Å². The molecule has 1 aromatic rings. The SMILES string of the molecule is CCNC(C)c1ccccc1N1CCCOC1=O. The number of rotatable bonds is 4. The molecule has 1 N–H and O–H groups in total. The highest BCUT2D eigenvalue weighted by Crippen LogP contribution is 2.28. The van der Waals surface area contributed by atoms with Gasteiger partial charge >= 0.3 is 6.09 Å². The third-order valence-corrected chi connectivity index (χ3v) is 3.18. The Hall–Kier alpha value is -1.55. The lowest BCUT2D eigenvalue weighted by atomic mass is 10.0. The van der Waals surface area contributed by atoms with E-state index in [1.54, 1.807) is 4.90 Å². The molecule has 0 radical (unpaired) electrons. The summed E-state index contributed by atoms with van der Waals surface area (Å²) < 4.78 is 5.11. The fourth-order valence-electron chi connectivity index (χ4n) is 2.29. The Morgan fingerprint density at radius 2 is 2.22 bits per heavy atom. The van der Waals surface area contributed by atoms with Gasteiger partial charge in [-0.15, -0.1) is 0 Å². The van der Waals surface area contributed by atoms with Gasteiger partial charge in [-0.25, -0.2) is 4.79 Å². The van der Waals surface area contributed by atoms with Crippen LogP contribution in [0, 0.1) is 0 Å². The second-order valence-corrected chi connectivity index (χ2v) is 4.46. The van der Waals surface area contributed by atoms with Crippen LogP contribution in [0.1, 0.15) is 31.9 Å². The number of nitrogens with zero attached hydrogens (tertiary/aromatic N) is 1. The van der Waals surface area contributed by atoms with Gasteiger partial charge in [0, 0.05) is 12.6 Å². The largest absolute Gasteiger partial charge is 0.449 e. The lowest BCUT2D eigenvalue weighted by Gasteiger charge is -2.29. The summed E-state index contributed by atoms with van der Waals surface area (Å²) in [6.45, 7) is 6.35. The van der Waals surface area contributed by atoms with Gasteiger partial charge in [0.15, 0.2) is 0 Å². The van der Waals surface area contributed by atoms with Crippen LogP contribution in [-0.4, -0.2) is 25.8 Å². The maximum absolute atomic E-state index is 11.8. The Kier molecular flexibility index (Phi) is 4.20. The highest BCUT2D eigenvalue weighted by Gasteiger charge is 2.24. The van der Waals surface area contributed by atoms with E-state index >= 15 is 0 Å². The van der Waals surface area contributed by atoms with Crippen molar-refractivity contribution in [1.82, 2.24) is 5.32 Å². The molecule has 1 saturated heterocycles. The minimum absolute atomic E-state index is 0.223. The number of carbonyl (C=O) groups is 1. The number of cyclic esters (lactones) is 1. The number of benzene rings is 1. The quantitative estimate of drug-likeness (QED) is 0.890. The maximum Gasteiger partial charge on any atom is 0.414 e. The van der Waals surface area contributed by atoms with Crippen LogP contribution < -0.4 is 10.2 Å². The molecule has 98 valence electrons. The van der Waals surface area contributed by atoms with Crippen molar-refractivity contribution in [1.29, 1.82) is 0 Å². The predicted octanol–water partition coefficient (Wildman–Crippen LogP) is 2.70. The molecule has 4 heteroatoms. The molecular formula is C14H20N2O2. The zero-order valence-corrected chi connectivity index (χ0v) is 11.0. The van der Waals surface area contributed by atoms with E-state index in [4.69, 9.17) is 4.74 Å². The first-order chi connectivity index (χ1) is 8.74. The van der Waals surface area contributed by atoms with Gasteiger partial charge in [-0.3, -0.25) is 4.90 Å². The number of hydrogen-bond donors (Lipinski definition) is 1. The molecule has 1 unspecified atom stereocenters. The minimum Gasteiger partial charge on any atom is -0.449 e. The highest BCUT2D eigenvalue weighted by molar-refractivity contribution is 5.89. The van der Waals surface area contributed by atoms with Gasteiger partial charge in [0.2, 0.25) is 0 Å². The van der Waals surface area contributed by atoms with Crippen LogP contribution in [0.2, 0.25) is 0 Å². The Labute approximate surface area is 108 Å². The average Bonchev–Trinajstić information content (AvgIpc) is 2.40. The molecule has 1 aliphatic heterocycles. The van der Waals surface area contributed by atoms with Gasteiger partial charge in [-0.1, -0.05) is 25.1 Å². The molecule has 0 aromatic heterocycles. The molecule has 1 atom stereocenters. The van der Waals surface area contributed by atoms with Crippen LogP contribution >= 0.6 is 0 Å². The van der Waals surface area contributed by atoms with E-state index in [2.05, 4.69) is 25.2 Å². The van der Waals surface area contributed by atoms with Crippen molar-refractivity contribution in [3.63, 3.8) is 0 Å². The number of ether oxygens (including phenoxy) is 1. The maximum atomic E-state index is 11.8. The number of amides is 1. The Morgan fingerprint density at radius 3 is 2.94 bits per heavy atom. The minimum atomic E-state index is -0.239. The molecule has 0 spiro atoms. The fourth-order valence-corrected chi connectivity index (χ4v) is 2.29. The number of para-hydroxylation sites is 1. The summed E-state index contributed by atoms with van der Waals surface area (Å²) in [4.78, 5) is 13.5. The van der Waals surface area contributed by atoms with Gasteiger partial charge in [0.05, 0.1) is 12.3 Å². The van der Waals surface area contributed by atoms with Crippen LogP contribution in [0.4, 0.5) is 10.5 Å². The van der Waals surface area contributed by atoms with Crippen LogP contribution in [0.3, 0.4) is 0 Å². The number of hydrogen-bond acceptors (Lipinski definition) is 3. The van der Waals surface area contributed by atoms with Crippen LogP contribution in [0.15, 0.2) is 24.3 Å². The Bertz CT molecular complexity index is 420. The first kappa shape index (κ1) is 12.9. The summed E-state index contributed by atoms with van der Waals surface area (Å²) in [7, 11) is 0. The number of carbonyl (C=O) groups excluding carboxylic acids is 1. The summed E-state index contributed by atoms with van der Waals surface area (Å²) in [6.07, 6.45) is 0.646. The van der Waals surface area contributed by atoms with Crippen molar-refractivity contribution < 1.29 is 9.53 Å². The molecule has 1 amide bonds. The smallest absolute Gasteiger partial charge is 0.414 e. The van der Waals surface area contributed by atoms with Crippen LogP contribution in [0.25, 0.3) is 0 Å². The van der Waals surface area contributed by atoms with E-state index in [-0.39, 0.29) is 12.1 Å². The van der Waals surface area contributed by atoms with Crippen molar-refractivity contribution >= 4 is 11.8 Å². The second-order valence-electron chi connectivity index (χ2n) is 4.46. The Balaban J connectivity index is 2.28. The first-order valence-corrected chi connectivity index (χ1v) is 6.50. The predicted molar refractivity (Wildman–Crippen MR) is 71.8 cm³/mol. The van der Waals surface area contributed by atoms with E-state index in [0.717, 1.165) is 30.8 Å². The standard InChI is InChI=1S/C14H20N2O2/c1-3-15-11(2)12-7-4-5-8-13(12)16-9-6-10-18-14(16)17/h4-5,7-8,11,15H,3,6,9-10H2,1-2H3. The van der Waals surface area contributed by atoms with E-state index < -0.39 is 0 Å². The molecule has 1 aromatic carbocycles. The van der Waals surface area contributed by atoms with Crippen LogP contribution in [0.5, 0.6) is 0 Å². The molecule has 1 aliphatic rings. The zero-order valence-electron chi connectivity index (χ0n) is 11.0. The Morgan fingerprint density at radius 1 is 1.44 bits per heavy atom. The van der Waals surface area contributed by atoms with E-state index in [0.29, 0.717) is 6.61 Å². The zero-order chi connectivity index (χ0) is 13.0. The lowest BCUT2D eigenvalue weighted by Crippen LogP contribution is -2.38. The number of nitrogens with one attached hydrogen (secondary N) is 1. The molecule has 1 heterocycles. The molecule has 4 nitrogen and oxygen atoms in total. The molecule has 1 fully saturated rings. The topological polar surface area (TPSA) is 41.6 Å². The first-order valence-electron chi connectivity index (χ1n) is 6.50. The monoisotopic (exact) mass is 248 g/mol. The van der Waals surface area contributed by atoms with E-state index in [1.165, 1.54) is 0 Å². The molecular weight excluding hydrogens is 228 g/mol. The summed E-state index contributed by atoms with van der Waals surface area (Å²) in [5.74, 6) is 0. The summed E-state index contributed by atoms with van der Waals surface area (Å²) >= 11 is 0. The van der Waals surface area contributed by atoms with Crippen molar-refractivity contribution in [3.8, 4) is 0 Å². The second kappa shape index (κ2) is 5.87. The van der Waals surface area contributed by atoms with Gasteiger partial charge < -0.3 is 10.1 Å². The molecule has 0 bridgehead atoms. The third-order valence-electron chi connectivity index (χ3n) is 3.18. The third kappa shape index (κ3) is 2.64. The molecule has 0 saturated carbocycles. The van der Waals surface area contributed by atoms with E-state index in [9.17, 15) is 4.79 Å². The summed E-state index contributed by atoms with van der Waals surface area (Å²) in [5.41, 5.74) is 2.09. The average molecular weight is 248 g/mol. The summed E-state index contributed by atoms with van der Waals surface area (Å²) in [5, 5.41) is 3.38. The van der Waals surface area contributed by atoms with Gasteiger partial charge in [-0.05, 0) is 31.5 Å². The highest BCUT2D eigenvalue weighted by atomic mass is 16.6. The van der Waals surface area contributed by atoms with Gasteiger partial charge in [0.1, 0.15) is 0 Å². The normalized spacial score (nSPS) is 17.4. The molecule has 0 aliphatic carbocycles. The van der Waals surface area contributed by atoms with Gasteiger partial charge in [-0.2, -0.15) is 0 Å². The van der Waals surface area contributed by atoms with Crippen molar-refractivity contribution in [2.45, 2.75) is 26.3 Å². The fraction of sp³-hybridized carbons (Fsp3) is 0.500. The van der Waals surface area contributed by atoms with Crippen molar-refractivity contribution in [2.24, 2.45) is 0 Å². The van der Waals surface area contributed by atoms with Crippen molar-refractivity contribution in [3.05, 3.63) is 29.8 Å². The lowest BCUT2D eigenvalue weighted by molar-refractivity contribution is 0.140. The van der Waals surface area contributed by atoms with Crippen LogP contribution in [-0.2, 0) is 4.74 Å². The molecule has 18 heavy (non-hydrogen) atoms. The summed E-state index contributed by atoms with van der Waals surface area (Å²) in [6, 6.07) is 8.22. The van der Waals surface area contributed by atoms with Gasteiger partial charge in [0.25, 0.3) is 0 Å². The van der Waals surface area contributed by atoms with Crippen molar-refractivity contribution in [2.75, 3.05) is 24.6 Å². The molecule has 2 rings (SSSR count). The number of anilines is 1.